The molecule has 0 saturated carbocycles. The summed E-state index contributed by atoms with van der Waals surface area (Å²) in [6.45, 7) is 0.473. The number of amides is 1. The van der Waals surface area contributed by atoms with Gasteiger partial charge in [0.15, 0.2) is 6.04 Å². The van der Waals surface area contributed by atoms with Crippen LogP contribution < -0.4 is 5.32 Å². The number of methoxy groups -OCH3 is 2. The van der Waals surface area contributed by atoms with Crippen molar-refractivity contribution in [1.29, 1.82) is 0 Å². The van der Waals surface area contributed by atoms with Crippen LogP contribution in [0.3, 0.4) is 0 Å². The summed E-state index contributed by atoms with van der Waals surface area (Å²) < 4.78 is 11.1. The Hall–Kier alpha value is -1.86. The molecule has 0 radical (unpaired) electrons. The molecular formula is C12H18N2O5. The normalized spacial score (nSPS) is 11.9. The van der Waals surface area contributed by atoms with E-state index in [0.717, 1.165) is 0 Å². The summed E-state index contributed by atoms with van der Waals surface area (Å²) in [5, 5.41) is 11.5. The van der Waals surface area contributed by atoms with Crippen LogP contribution in [0.15, 0.2) is 18.3 Å². The first kappa shape index (κ1) is 15.2. The van der Waals surface area contributed by atoms with E-state index in [2.05, 4.69) is 10.1 Å². The zero-order valence-electron chi connectivity index (χ0n) is 11.0. The molecule has 106 valence electrons. The maximum atomic E-state index is 12.0. The lowest BCUT2D eigenvalue weighted by Crippen LogP contribution is -2.44. The van der Waals surface area contributed by atoms with Gasteiger partial charge < -0.3 is 24.5 Å². The zero-order chi connectivity index (χ0) is 14.3. The first-order chi connectivity index (χ1) is 9.13. The highest BCUT2D eigenvalue weighted by Gasteiger charge is 2.22. The fraction of sp³-hybridized carbons (Fsp3) is 0.500. The Morgan fingerprint density at radius 3 is 2.79 bits per heavy atom. The number of ether oxygens (including phenoxy) is 2. The molecule has 1 amide bonds. The van der Waals surface area contributed by atoms with Gasteiger partial charge >= 0.3 is 5.97 Å². The van der Waals surface area contributed by atoms with E-state index < -0.39 is 24.5 Å². The van der Waals surface area contributed by atoms with E-state index in [1.165, 1.54) is 7.11 Å². The molecule has 0 aliphatic heterocycles. The summed E-state index contributed by atoms with van der Waals surface area (Å²) in [5.41, 5.74) is 0.388. The van der Waals surface area contributed by atoms with Gasteiger partial charge in [0.25, 0.3) is 5.91 Å². The molecule has 1 rings (SSSR count). The Bertz CT molecular complexity index is 430. The van der Waals surface area contributed by atoms with E-state index in [-0.39, 0.29) is 0 Å². The van der Waals surface area contributed by atoms with Crippen LogP contribution in [0.5, 0.6) is 0 Å². The number of rotatable bonds is 7. The largest absolute Gasteiger partial charge is 0.467 e. The molecule has 1 atom stereocenters. The summed E-state index contributed by atoms with van der Waals surface area (Å²) in [6.07, 6.45) is 1.74. The molecule has 0 saturated heterocycles. The van der Waals surface area contributed by atoms with Gasteiger partial charge in [0.05, 0.1) is 20.3 Å². The molecule has 1 unspecified atom stereocenters. The Morgan fingerprint density at radius 2 is 2.21 bits per heavy atom. The van der Waals surface area contributed by atoms with Gasteiger partial charge in [0, 0.05) is 19.9 Å². The highest BCUT2D eigenvalue weighted by atomic mass is 16.5. The molecule has 0 bridgehead atoms. The minimum Gasteiger partial charge on any atom is -0.467 e. The predicted molar refractivity (Wildman–Crippen MR) is 66.7 cm³/mol. The van der Waals surface area contributed by atoms with E-state index in [9.17, 15) is 9.59 Å². The van der Waals surface area contributed by atoms with Gasteiger partial charge in [0.2, 0.25) is 0 Å². The number of carbonyl (C=O) groups excluding carboxylic acids is 2. The second-order valence-corrected chi connectivity index (χ2v) is 3.81. The van der Waals surface area contributed by atoms with E-state index in [4.69, 9.17) is 9.84 Å². The van der Waals surface area contributed by atoms with Crippen molar-refractivity contribution >= 4 is 11.9 Å². The van der Waals surface area contributed by atoms with Crippen LogP contribution >= 0.6 is 0 Å². The molecular weight excluding hydrogens is 252 g/mol. The standard InChI is InChI=1S/C12H18N2O5/c1-18-7-6-14-5-3-4-10(14)11(16)13-9(8-15)12(17)19-2/h3-5,9,15H,6-8H2,1-2H3,(H,13,16). The van der Waals surface area contributed by atoms with Crippen LogP contribution in [-0.4, -0.2) is 55.0 Å². The van der Waals surface area contributed by atoms with Crippen molar-refractivity contribution in [3.05, 3.63) is 24.0 Å². The number of esters is 1. The quantitative estimate of drug-likeness (QED) is 0.646. The average molecular weight is 270 g/mol. The SMILES string of the molecule is COCCn1cccc1C(=O)NC(CO)C(=O)OC. The minimum absolute atomic E-state index is 0.388. The summed E-state index contributed by atoms with van der Waals surface area (Å²) >= 11 is 0. The maximum Gasteiger partial charge on any atom is 0.330 e. The molecule has 1 aromatic heterocycles. The van der Waals surface area contributed by atoms with Gasteiger partial charge in [-0.3, -0.25) is 4.79 Å². The first-order valence-corrected chi connectivity index (χ1v) is 5.77. The molecule has 0 aliphatic rings. The highest BCUT2D eigenvalue weighted by molar-refractivity contribution is 5.95. The van der Waals surface area contributed by atoms with Gasteiger partial charge in [-0.2, -0.15) is 0 Å². The number of aromatic nitrogens is 1. The zero-order valence-corrected chi connectivity index (χ0v) is 11.0. The van der Waals surface area contributed by atoms with Crippen LogP contribution in [0.1, 0.15) is 10.5 Å². The van der Waals surface area contributed by atoms with Crippen molar-refractivity contribution in [1.82, 2.24) is 9.88 Å². The summed E-state index contributed by atoms with van der Waals surface area (Å²) in [5.74, 6) is -1.14. The third kappa shape index (κ3) is 4.08. The van der Waals surface area contributed by atoms with Gasteiger partial charge in [-0.05, 0) is 12.1 Å². The number of nitrogens with zero attached hydrogens (tertiary/aromatic N) is 1. The van der Waals surface area contributed by atoms with Crippen LogP contribution in [0.4, 0.5) is 0 Å². The average Bonchev–Trinajstić information content (AvgIpc) is 2.89. The van der Waals surface area contributed by atoms with Crippen LogP contribution in [0, 0.1) is 0 Å². The third-order valence-corrected chi connectivity index (χ3v) is 2.57. The molecule has 19 heavy (non-hydrogen) atoms. The van der Waals surface area contributed by atoms with Crippen LogP contribution in [0.25, 0.3) is 0 Å². The van der Waals surface area contributed by atoms with Crippen LogP contribution in [-0.2, 0) is 20.8 Å². The second kappa shape index (κ2) is 7.55. The summed E-state index contributed by atoms with van der Waals surface area (Å²) in [6, 6.07) is 2.27. The van der Waals surface area contributed by atoms with Gasteiger partial charge in [-0.1, -0.05) is 0 Å². The number of aliphatic hydroxyl groups excluding tert-OH is 1. The van der Waals surface area contributed by atoms with Gasteiger partial charge in [-0.15, -0.1) is 0 Å². The van der Waals surface area contributed by atoms with Gasteiger partial charge in [-0.25, -0.2) is 4.79 Å². The molecule has 7 heteroatoms. The van der Waals surface area contributed by atoms with Crippen molar-refractivity contribution in [3.63, 3.8) is 0 Å². The Morgan fingerprint density at radius 1 is 1.47 bits per heavy atom. The van der Waals surface area contributed by atoms with Crippen molar-refractivity contribution < 1.29 is 24.2 Å². The van der Waals surface area contributed by atoms with Crippen LogP contribution in [0.2, 0.25) is 0 Å². The van der Waals surface area contributed by atoms with Gasteiger partial charge in [0.1, 0.15) is 5.69 Å². The molecule has 2 N–H and O–H groups in total. The number of hydrogen-bond donors (Lipinski definition) is 2. The number of hydrogen-bond acceptors (Lipinski definition) is 5. The van der Waals surface area contributed by atoms with E-state index >= 15 is 0 Å². The molecule has 1 aromatic rings. The minimum atomic E-state index is -1.07. The second-order valence-electron chi connectivity index (χ2n) is 3.81. The lowest BCUT2D eigenvalue weighted by molar-refractivity contribution is -0.143. The molecule has 0 fully saturated rings. The van der Waals surface area contributed by atoms with Crippen molar-refractivity contribution in [2.24, 2.45) is 0 Å². The number of aliphatic hydroxyl groups is 1. The fourth-order valence-electron chi connectivity index (χ4n) is 1.56. The monoisotopic (exact) mass is 270 g/mol. The van der Waals surface area contributed by atoms with E-state index in [0.29, 0.717) is 18.8 Å². The molecule has 0 spiro atoms. The Kier molecular flexibility index (Phi) is 6.04. The lowest BCUT2D eigenvalue weighted by Gasteiger charge is -2.15. The molecule has 0 aliphatic carbocycles. The van der Waals surface area contributed by atoms with E-state index in [1.807, 2.05) is 0 Å². The number of nitrogens with one attached hydrogen (secondary N) is 1. The topological polar surface area (TPSA) is 89.8 Å². The fourth-order valence-corrected chi connectivity index (χ4v) is 1.56. The molecule has 1 heterocycles. The van der Waals surface area contributed by atoms with Crippen molar-refractivity contribution in [3.8, 4) is 0 Å². The summed E-state index contributed by atoms with van der Waals surface area (Å²) in [7, 11) is 2.76. The third-order valence-electron chi connectivity index (χ3n) is 2.57. The van der Waals surface area contributed by atoms with Crippen molar-refractivity contribution in [2.75, 3.05) is 27.4 Å². The molecule has 0 aromatic carbocycles. The smallest absolute Gasteiger partial charge is 0.330 e. The maximum absolute atomic E-state index is 12.0. The number of carbonyl (C=O) groups is 2. The molecule has 7 nitrogen and oxygen atoms in total. The highest BCUT2D eigenvalue weighted by Crippen LogP contribution is 2.03. The summed E-state index contributed by atoms with van der Waals surface area (Å²) in [4.78, 5) is 23.3. The lowest BCUT2D eigenvalue weighted by atomic mass is 10.3. The van der Waals surface area contributed by atoms with Crippen molar-refractivity contribution in [2.45, 2.75) is 12.6 Å². The Labute approximate surface area is 111 Å². The van der Waals surface area contributed by atoms with E-state index in [1.54, 1.807) is 30.0 Å². The predicted octanol–water partition coefficient (Wildman–Crippen LogP) is -0.602. The Balaban J connectivity index is 2.72. The first-order valence-electron chi connectivity index (χ1n) is 5.77.